The molecule has 0 bridgehead atoms. The number of nitrogens with one attached hydrogen (secondary N) is 3. The van der Waals surface area contributed by atoms with Crippen molar-refractivity contribution >= 4 is 23.4 Å². The fourth-order valence-corrected chi connectivity index (χ4v) is 2.36. The number of hydrogen-bond acceptors (Lipinski definition) is 3. The summed E-state index contributed by atoms with van der Waals surface area (Å²) in [7, 11) is 0. The highest BCUT2D eigenvalue weighted by Gasteiger charge is 2.12. The molecule has 0 fully saturated rings. The zero-order chi connectivity index (χ0) is 18.9. The number of carbonyl (C=O) groups is 3. The third-order valence-electron chi connectivity index (χ3n) is 3.83. The summed E-state index contributed by atoms with van der Waals surface area (Å²) in [6.45, 7) is 3.52. The molecular formula is C20H23N3O3. The van der Waals surface area contributed by atoms with Gasteiger partial charge in [-0.3, -0.25) is 14.4 Å². The molecule has 2 rings (SSSR count). The lowest BCUT2D eigenvalue weighted by Gasteiger charge is -2.16. The van der Waals surface area contributed by atoms with Gasteiger partial charge >= 0.3 is 0 Å². The maximum Gasteiger partial charge on any atom is 0.255 e. The summed E-state index contributed by atoms with van der Waals surface area (Å²) < 4.78 is 0. The Morgan fingerprint density at radius 1 is 0.962 bits per heavy atom. The van der Waals surface area contributed by atoms with E-state index >= 15 is 0 Å². The molecular weight excluding hydrogens is 330 g/mol. The average molecular weight is 353 g/mol. The molecule has 3 N–H and O–H groups in total. The van der Waals surface area contributed by atoms with Crippen molar-refractivity contribution in [2.24, 2.45) is 0 Å². The fourth-order valence-electron chi connectivity index (χ4n) is 2.36. The van der Waals surface area contributed by atoms with Crippen LogP contribution in [-0.4, -0.2) is 24.3 Å². The Morgan fingerprint density at radius 2 is 1.69 bits per heavy atom. The average Bonchev–Trinajstić information content (AvgIpc) is 2.66. The molecule has 0 saturated carbocycles. The zero-order valence-corrected chi connectivity index (χ0v) is 14.9. The first kappa shape index (κ1) is 19.2. The Balaban J connectivity index is 1.96. The number of carbonyl (C=O) groups excluding carboxylic acids is 3. The SMILES string of the molecule is CCC(=O)NCC(=O)NC(C)c1cccc(NC(=O)c2ccccc2)c1. The van der Waals surface area contributed by atoms with Crippen LogP contribution in [0, 0.1) is 0 Å². The van der Waals surface area contributed by atoms with E-state index in [0.29, 0.717) is 17.7 Å². The molecule has 2 aromatic rings. The second-order valence-electron chi connectivity index (χ2n) is 5.87. The van der Waals surface area contributed by atoms with Crippen LogP contribution < -0.4 is 16.0 Å². The summed E-state index contributed by atoms with van der Waals surface area (Å²) in [6, 6.07) is 16.0. The zero-order valence-electron chi connectivity index (χ0n) is 14.9. The van der Waals surface area contributed by atoms with Crippen LogP contribution in [0.2, 0.25) is 0 Å². The van der Waals surface area contributed by atoms with Gasteiger partial charge in [-0.1, -0.05) is 37.3 Å². The lowest BCUT2D eigenvalue weighted by molar-refractivity contribution is -0.126. The van der Waals surface area contributed by atoms with Gasteiger partial charge in [0.1, 0.15) is 0 Å². The molecule has 0 heterocycles. The minimum atomic E-state index is -0.266. The quantitative estimate of drug-likeness (QED) is 0.715. The molecule has 0 spiro atoms. The Kier molecular flexibility index (Phi) is 6.91. The Morgan fingerprint density at radius 3 is 2.38 bits per heavy atom. The molecule has 2 aromatic carbocycles. The first-order valence-electron chi connectivity index (χ1n) is 8.52. The van der Waals surface area contributed by atoms with Crippen molar-refractivity contribution in [2.45, 2.75) is 26.3 Å². The molecule has 0 saturated heterocycles. The van der Waals surface area contributed by atoms with Gasteiger partial charge in [-0.15, -0.1) is 0 Å². The largest absolute Gasteiger partial charge is 0.348 e. The Hall–Kier alpha value is -3.15. The second-order valence-corrected chi connectivity index (χ2v) is 5.87. The summed E-state index contributed by atoms with van der Waals surface area (Å²) in [5.74, 6) is -0.627. The van der Waals surface area contributed by atoms with E-state index in [9.17, 15) is 14.4 Å². The summed E-state index contributed by atoms with van der Waals surface area (Å²) in [5, 5.41) is 8.20. The molecule has 3 amide bonds. The van der Waals surface area contributed by atoms with Gasteiger partial charge < -0.3 is 16.0 Å². The van der Waals surface area contributed by atoms with Gasteiger partial charge in [-0.05, 0) is 36.8 Å². The smallest absolute Gasteiger partial charge is 0.255 e. The van der Waals surface area contributed by atoms with Gasteiger partial charge in [0, 0.05) is 17.7 Å². The summed E-state index contributed by atoms with van der Waals surface area (Å²) in [6.07, 6.45) is 0.339. The number of benzene rings is 2. The van der Waals surface area contributed by atoms with E-state index in [4.69, 9.17) is 0 Å². The van der Waals surface area contributed by atoms with Gasteiger partial charge in [-0.2, -0.15) is 0 Å². The minimum Gasteiger partial charge on any atom is -0.348 e. The molecule has 6 nitrogen and oxygen atoms in total. The molecule has 0 aromatic heterocycles. The molecule has 1 unspecified atom stereocenters. The van der Waals surface area contributed by atoms with E-state index in [1.807, 2.05) is 31.2 Å². The normalized spacial score (nSPS) is 11.3. The van der Waals surface area contributed by atoms with E-state index in [2.05, 4.69) is 16.0 Å². The van der Waals surface area contributed by atoms with Crippen molar-refractivity contribution in [3.63, 3.8) is 0 Å². The molecule has 0 aliphatic heterocycles. The molecule has 0 radical (unpaired) electrons. The topological polar surface area (TPSA) is 87.3 Å². The highest BCUT2D eigenvalue weighted by molar-refractivity contribution is 6.04. The van der Waals surface area contributed by atoms with Crippen molar-refractivity contribution in [3.8, 4) is 0 Å². The van der Waals surface area contributed by atoms with E-state index < -0.39 is 0 Å². The molecule has 0 aliphatic rings. The van der Waals surface area contributed by atoms with E-state index in [-0.39, 0.29) is 30.3 Å². The number of anilines is 1. The van der Waals surface area contributed by atoms with Crippen LogP contribution in [0.3, 0.4) is 0 Å². The maximum atomic E-state index is 12.2. The van der Waals surface area contributed by atoms with Crippen LogP contribution in [0.15, 0.2) is 54.6 Å². The van der Waals surface area contributed by atoms with Gasteiger partial charge in [0.05, 0.1) is 12.6 Å². The second kappa shape index (κ2) is 9.36. The molecule has 1 atom stereocenters. The summed E-state index contributed by atoms with van der Waals surface area (Å²) >= 11 is 0. The van der Waals surface area contributed by atoms with Crippen LogP contribution in [0.5, 0.6) is 0 Å². The number of hydrogen-bond donors (Lipinski definition) is 3. The predicted octanol–water partition coefficient (Wildman–Crippen LogP) is 2.64. The van der Waals surface area contributed by atoms with Crippen LogP contribution in [0.1, 0.15) is 42.2 Å². The van der Waals surface area contributed by atoms with E-state index in [1.54, 1.807) is 37.3 Å². The first-order valence-corrected chi connectivity index (χ1v) is 8.52. The van der Waals surface area contributed by atoms with E-state index in [0.717, 1.165) is 5.56 Å². The predicted molar refractivity (Wildman–Crippen MR) is 101 cm³/mol. The molecule has 136 valence electrons. The van der Waals surface area contributed by atoms with Crippen LogP contribution in [0.25, 0.3) is 0 Å². The molecule has 26 heavy (non-hydrogen) atoms. The van der Waals surface area contributed by atoms with Gasteiger partial charge in [0.25, 0.3) is 5.91 Å². The highest BCUT2D eigenvalue weighted by Crippen LogP contribution is 2.18. The molecule has 6 heteroatoms. The van der Waals surface area contributed by atoms with Crippen molar-refractivity contribution < 1.29 is 14.4 Å². The highest BCUT2D eigenvalue weighted by atomic mass is 16.2. The van der Waals surface area contributed by atoms with Crippen LogP contribution >= 0.6 is 0 Å². The Labute approximate surface area is 153 Å². The number of amides is 3. The van der Waals surface area contributed by atoms with Crippen molar-refractivity contribution in [2.75, 3.05) is 11.9 Å². The summed E-state index contributed by atoms with van der Waals surface area (Å²) in [5.41, 5.74) is 2.08. The maximum absolute atomic E-state index is 12.2. The van der Waals surface area contributed by atoms with Gasteiger partial charge in [0.15, 0.2) is 0 Å². The van der Waals surface area contributed by atoms with Gasteiger partial charge in [-0.25, -0.2) is 0 Å². The third kappa shape index (κ3) is 5.73. The lowest BCUT2D eigenvalue weighted by Crippen LogP contribution is -2.37. The van der Waals surface area contributed by atoms with Crippen molar-refractivity contribution in [3.05, 3.63) is 65.7 Å². The monoisotopic (exact) mass is 353 g/mol. The van der Waals surface area contributed by atoms with Crippen molar-refractivity contribution in [1.82, 2.24) is 10.6 Å². The Bertz CT molecular complexity index is 775. The van der Waals surface area contributed by atoms with Crippen molar-refractivity contribution in [1.29, 1.82) is 0 Å². The van der Waals surface area contributed by atoms with Crippen LogP contribution in [-0.2, 0) is 9.59 Å². The molecule has 0 aliphatic carbocycles. The third-order valence-corrected chi connectivity index (χ3v) is 3.83. The van der Waals surface area contributed by atoms with Crippen LogP contribution in [0.4, 0.5) is 5.69 Å². The lowest BCUT2D eigenvalue weighted by atomic mass is 10.1. The number of rotatable bonds is 7. The standard InChI is InChI=1S/C20H23N3O3/c1-3-18(24)21-13-19(25)22-14(2)16-10-7-11-17(12-16)23-20(26)15-8-5-4-6-9-15/h4-12,14H,3,13H2,1-2H3,(H,21,24)(H,22,25)(H,23,26). The fraction of sp³-hybridized carbons (Fsp3) is 0.250. The van der Waals surface area contributed by atoms with E-state index in [1.165, 1.54) is 0 Å². The summed E-state index contributed by atoms with van der Waals surface area (Å²) in [4.78, 5) is 35.3. The minimum absolute atomic E-state index is 0.0541. The first-order chi connectivity index (χ1) is 12.5. The van der Waals surface area contributed by atoms with Gasteiger partial charge in [0.2, 0.25) is 11.8 Å².